The fourth-order valence-electron chi connectivity index (χ4n) is 2.55. The van der Waals surface area contributed by atoms with E-state index >= 15 is 0 Å². The summed E-state index contributed by atoms with van der Waals surface area (Å²) in [6, 6.07) is 5.98. The monoisotopic (exact) mass is 342 g/mol. The third-order valence-corrected chi connectivity index (χ3v) is 4.47. The Morgan fingerprint density at radius 2 is 2.37 bits per heavy atom. The van der Waals surface area contributed by atoms with E-state index in [4.69, 9.17) is 0 Å². The number of hydrogen-bond acceptors (Lipinski definition) is 3. The smallest absolute Gasteiger partial charge is 0.252 e. The van der Waals surface area contributed by atoms with Crippen LogP contribution in [0.2, 0.25) is 0 Å². The summed E-state index contributed by atoms with van der Waals surface area (Å²) in [4.78, 5) is 15.3. The van der Waals surface area contributed by atoms with E-state index in [0.717, 1.165) is 24.1 Å². The van der Waals surface area contributed by atoms with Gasteiger partial charge in [-0.3, -0.25) is 9.69 Å². The zero-order valence-corrected chi connectivity index (χ0v) is 13.5. The third-order valence-electron chi connectivity index (χ3n) is 3.61. The second-order valence-electron chi connectivity index (χ2n) is 4.80. The van der Waals surface area contributed by atoms with Crippen LogP contribution < -0.4 is 5.32 Å². The topological polar surface area (TPSA) is 32.3 Å². The Morgan fingerprint density at radius 3 is 3.05 bits per heavy atom. The molecule has 1 N–H and O–H groups in total. The van der Waals surface area contributed by atoms with Crippen molar-refractivity contribution in [3.8, 4) is 0 Å². The molecule has 1 heterocycles. The van der Waals surface area contributed by atoms with Gasteiger partial charge in [0, 0.05) is 22.0 Å². The Kier molecular flexibility index (Phi) is 5.30. The summed E-state index contributed by atoms with van der Waals surface area (Å²) in [6.45, 7) is 5.08. The van der Waals surface area contributed by atoms with E-state index in [1.165, 1.54) is 12.8 Å². The minimum absolute atomic E-state index is 0.0412. The summed E-state index contributed by atoms with van der Waals surface area (Å²) in [5.74, 6) is -0.0412. The maximum absolute atomic E-state index is 12.1. The van der Waals surface area contributed by atoms with Crippen molar-refractivity contribution in [1.29, 1.82) is 0 Å². The number of likely N-dealkylation sites (tertiary alicyclic amines) is 1. The number of amides is 1. The lowest BCUT2D eigenvalue weighted by atomic mass is 10.2. The zero-order valence-electron chi connectivity index (χ0n) is 11.0. The van der Waals surface area contributed by atoms with Crippen LogP contribution in [0.25, 0.3) is 0 Å². The molecule has 1 saturated heterocycles. The predicted molar refractivity (Wildman–Crippen MR) is 84.0 cm³/mol. The largest absolute Gasteiger partial charge is 0.350 e. The molecule has 1 atom stereocenters. The van der Waals surface area contributed by atoms with Crippen molar-refractivity contribution in [2.75, 3.05) is 19.6 Å². The van der Waals surface area contributed by atoms with Gasteiger partial charge in [0.15, 0.2) is 0 Å². The van der Waals surface area contributed by atoms with Crippen LogP contribution >= 0.6 is 28.6 Å². The fraction of sp³-hybridized carbons (Fsp3) is 0.500. The van der Waals surface area contributed by atoms with Crippen molar-refractivity contribution in [2.24, 2.45) is 0 Å². The highest BCUT2D eigenvalue weighted by molar-refractivity contribution is 9.10. The van der Waals surface area contributed by atoms with Crippen LogP contribution in [0, 0.1) is 0 Å². The molecular weight excluding hydrogens is 324 g/mol. The molecule has 1 unspecified atom stereocenters. The maximum atomic E-state index is 12.1. The van der Waals surface area contributed by atoms with Gasteiger partial charge in [0.05, 0.1) is 5.56 Å². The van der Waals surface area contributed by atoms with E-state index in [2.05, 4.69) is 45.7 Å². The summed E-state index contributed by atoms with van der Waals surface area (Å²) in [7, 11) is 0. The predicted octanol–water partition coefficient (Wildman–Crippen LogP) is 2.95. The lowest BCUT2D eigenvalue weighted by Gasteiger charge is -2.23. The number of rotatable bonds is 4. The number of nitrogens with zero attached hydrogens (tertiary/aromatic N) is 1. The molecule has 3 nitrogen and oxygen atoms in total. The van der Waals surface area contributed by atoms with Gasteiger partial charge < -0.3 is 5.32 Å². The normalized spacial score (nSPS) is 19.6. The Morgan fingerprint density at radius 1 is 1.58 bits per heavy atom. The summed E-state index contributed by atoms with van der Waals surface area (Å²) >= 11 is 7.71. The summed E-state index contributed by atoms with van der Waals surface area (Å²) in [6.07, 6.45) is 2.40. The minimum atomic E-state index is -0.0412. The summed E-state index contributed by atoms with van der Waals surface area (Å²) < 4.78 is 0.932. The van der Waals surface area contributed by atoms with Crippen LogP contribution in [0.4, 0.5) is 0 Å². The van der Waals surface area contributed by atoms with Crippen molar-refractivity contribution >= 4 is 34.5 Å². The van der Waals surface area contributed by atoms with Crippen LogP contribution in [-0.4, -0.2) is 36.5 Å². The highest BCUT2D eigenvalue weighted by atomic mass is 79.9. The number of carbonyl (C=O) groups is 1. The van der Waals surface area contributed by atoms with E-state index < -0.39 is 0 Å². The molecule has 0 aromatic heterocycles. The van der Waals surface area contributed by atoms with Crippen LogP contribution in [0.1, 0.15) is 30.1 Å². The number of hydrogen-bond donors (Lipinski definition) is 2. The number of halogens is 1. The van der Waals surface area contributed by atoms with Crippen molar-refractivity contribution in [1.82, 2.24) is 10.2 Å². The quantitative estimate of drug-likeness (QED) is 0.824. The Labute approximate surface area is 128 Å². The maximum Gasteiger partial charge on any atom is 0.252 e. The highest BCUT2D eigenvalue weighted by Gasteiger charge is 2.23. The molecule has 1 amide bonds. The molecule has 1 fully saturated rings. The molecule has 1 aliphatic heterocycles. The molecule has 1 aliphatic rings. The van der Waals surface area contributed by atoms with E-state index in [0.29, 0.717) is 16.5 Å². The van der Waals surface area contributed by atoms with Crippen LogP contribution in [-0.2, 0) is 0 Å². The van der Waals surface area contributed by atoms with Gasteiger partial charge in [0.2, 0.25) is 0 Å². The molecule has 1 aromatic rings. The van der Waals surface area contributed by atoms with E-state index in [1.807, 2.05) is 12.1 Å². The summed E-state index contributed by atoms with van der Waals surface area (Å²) in [5, 5.41) is 3.02. The van der Waals surface area contributed by atoms with Crippen LogP contribution in [0.5, 0.6) is 0 Å². The van der Waals surface area contributed by atoms with Gasteiger partial charge in [-0.05, 0) is 44.1 Å². The molecule has 5 heteroatoms. The molecule has 0 saturated carbocycles. The van der Waals surface area contributed by atoms with Crippen molar-refractivity contribution in [3.63, 3.8) is 0 Å². The second kappa shape index (κ2) is 6.77. The Bertz CT molecular complexity index is 467. The van der Waals surface area contributed by atoms with E-state index in [1.54, 1.807) is 6.07 Å². The standard InChI is InChI=1S/C14H19BrN2OS/c1-2-17-7-3-4-11(17)9-16-14(18)12-6-5-10(15)8-13(12)19/h5-6,8,11,19H,2-4,7,9H2,1H3,(H,16,18). The van der Waals surface area contributed by atoms with Gasteiger partial charge in [-0.15, -0.1) is 12.6 Å². The van der Waals surface area contributed by atoms with Gasteiger partial charge in [0.25, 0.3) is 5.91 Å². The fourth-order valence-corrected chi connectivity index (χ4v) is 3.40. The lowest BCUT2D eigenvalue weighted by molar-refractivity contribution is 0.0938. The highest BCUT2D eigenvalue weighted by Crippen LogP contribution is 2.20. The molecule has 1 aromatic carbocycles. The molecule has 19 heavy (non-hydrogen) atoms. The number of nitrogens with one attached hydrogen (secondary N) is 1. The van der Waals surface area contributed by atoms with E-state index in [9.17, 15) is 4.79 Å². The van der Waals surface area contributed by atoms with E-state index in [-0.39, 0.29) is 5.91 Å². The first kappa shape index (κ1) is 14.9. The lowest BCUT2D eigenvalue weighted by Crippen LogP contribution is -2.40. The molecule has 0 radical (unpaired) electrons. The van der Waals surface area contributed by atoms with Crippen molar-refractivity contribution < 1.29 is 4.79 Å². The molecule has 104 valence electrons. The Balaban J connectivity index is 1.94. The molecular formula is C14H19BrN2OS. The van der Waals surface area contributed by atoms with Crippen LogP contribution in [0.3, 0.4) is 0 Å². The van der Waals surface area contributed by atoms with Crippen LogP contribution in [0.15, 0.2) is 27.6 Å². The first-order valence-corrected chi connectivity index (χ1v) is 7.86. The van der Waals surface area contributed by atoms with Crippen molar-refractivity contribution in [3.05, 3.63) is 28.2 Å². The number of likely N-dealkylation sites (N-methyl/N-ethyl adjacent to an activating group) is 1. The molecule has 0 spiro atoms. The van der Waals surface area contributed by atoms with Gasteiger partial charge in [-0.2, -0.15) is 0 Å². The first-order chi connectivity index (χ1) is 9.11. The average molecular weight is 343 g/mol. The second-order valence-corrected chi connectivity index (χ2v) is 6.19. The number of thiol groups is 1. The molecule has 0 aliphatic carbocycles. The minimum Gasteiger partial charge on any atom is -0.350 e. The number of benzene rings is 1. The third kappa shape index (κ3) is 3.74. The first-order valence-electron chi connectivity index (χ1n) is 6.62. The number of carbonyl (C=O) groups excluding carboxylic acids is 1. The van der Waals surface area contributed by atoms with Gasteiger partial charge >= 0.3 is 0 Å². The molecule has 0 bridgehead atoms. The van der Waals surface area contributed by atoms with Gasteiger partial charge in [-0.1, -0.05) is 22.9 Å². The van der Waals surface area contributed by atoms with Crippen molar-refractivity contribution in [2.45, 2.75) is 30.7 Å². The zero-order chi connectivity index (χ0) is 13.8. The molecule has 2 rings (SSSR count). The average Bonchev–Trinajstić information content (AvgIpc) is 2.83. The van der Waals surface area contributed by atoms with Gasteiger partial charge in [0.1, 0.15) is 0 Å². The summed E-state index contributed by atoms with van der Waals surface area (Å²) in [5.41, 5.74) is 0.632. The SMILES string of the molecule is CCN1CCCC1CNC(=O)c1ccc(Br)cc1S. The Hall–Kier alpha value is -0.520. The van der Waals surface area contributed by atoms with Gasteiger partial charge in [-0.25, -0.2) is 0 Å².